The Morgan fingerprint density at radius 3 is 2.86 bits per heavy atom. The summed E-state index contributed by atoms with van der Waals surface area (Å²) < 4.78 is 16.7. The minimum Gasteiger partial charge on any atom is -0.379 e. The summed E-state index contributed by atoms with van der Waals surface area (Å²) in [6.07, 6.45) is 3.46. The summed E-state index contributed by atoms with van der Waals surface area (Å²) >= 11 is 0. The normalized spacial score (nSPS) is 26.4. The van der Waals surface area contributed by atoms with Crippen LogP contribution in [-0.2, 0) is 14.2 Å². The zero-order valence-corrected chi connectivity index (χ0v) is 9.54. The van der Waals surface area contributed by atoms with E-state index in [1.807, 2.05) is 13.8 Å². The van der Waals surface area contributed by atoms with Gasteiger partial charge < -0.3 is 14.2 Å². The van der Waals surface area contributed by atoms with Crippen LogP contribution in [-0.4, -0.2) is 31.7 Å². The van der Waals surface area contributed by atoms with Crippen molar-refractivity contribution in [1.82, 2.24) is 0 Å². The first kappa shape index (κ1) is 12.0. The van der Waals surface area contributed by atoms with E-state index < -0.39 is 5.79 Å². The smallest absolute Gasteiger partial charge is 0.163 e. The molecule has 14 heavy (non-hydrogen) atoms. The summed E-state index contributed by atoms with van der Waals surface area (Å²) in [5, 5.41) is 0. The zero-order chi connectivity index (χ0) is 10.4. The molecule has 3 nitrogen and oxygen atoms in total. The molecule has 0 bridgehead atoms. The molecule has 0 saturated carbocycles. The van der Waals surface area contributed by atoms with E-state index in [0.29, 0.717) is 6.61 Å². The summed E-state index contributed by atoms with van der Waals surface area (Å²) in [5.74, 6) is -0.433. The van der Waals surface area contributed by atoms with Gasteiger partial charge >= 0.3 is 0 Å². The SMILES string of the molecule is CCCCOCC1CCOC(C)(C)O1. The molecule has 0 aromatic carbocycles. The Bertz CT molecular complexity index is 157. The molecule has 1 atom stereocenters. The van der Waals surface area contributed by atoms with E-state index >= 15 is 0 Å². The highest BCUT2D eigenvalue weighted by atomic mass is 16.7. The van der Waals surface area contributed by atoms with E-state index in [-0.39, 0.29) is 6.10 Å². The lowest BCUT2D eigenvalue weighted by molar-refractivity contribution is -0.280. The summed E-state index contributed by atoms with van der Waals surface area (Å²) in [6.45, 7) is 8.38. The average molecular weight is 202 g/mol. The van der Waals surface area contributed by atoms with Gasteiger partial charge in [0, 0.05) is 6.61 Å². The minimum atomic E-state index is -0.433. The van der Waals surface area contributed by atoms with E-state index in [4.69, 9.17) is 14.2 Å². The van der Waals surface area contributed by atoms with E-state index in [1.165, 1.54) is 6.42 Å². The van der Waals surface area contributed by atoms with Crippen LogP contribution in [0.4, 0.5) is 0 Å². The molecule has 1 fully saturated rings. The maximum Gasteiger partial charge on any atom is 0.163 e. The highest BCUT2D eigenvalue weighted by molar-refractivity contribution is 4.68. The molecular weight excluding hydrogens is 180 g/mol. The second kappa shape index (κ2) is 5.69. The molecule has 84 valence electrons. The van der Waals surface area contributed by atoms with Crippen LogP contribution in [0.25, 0.3) is 0 Å². The highest BCUT2D eigenvalue weighted by Gasteiger charge is 2.29. The van der Waals surface area contributed by atoms with Gasteiger partial charge in [-0.15, -0.1) is 0 Å². The zero-order valence-electron chi connectivity index (χ0n) is 9.54. The van der Waals surface area contributed by atoms with Crippen molar-refractivity contribution in [2.45, 2.75) is 51.9 Å². The molecule has 0 N–H and O–H groups in total. The molecule has 0 aromatic heterocycles. The molecule has 1 aliphatic rings. The van der Waals surface area contributed by atoms with Gasteiger partial charge in [-0.3, -0.25) is 0 Å². The molecule has 0 spiro atoms. The van der Waals surface area contributed by atoms with Crippen LogP contribution in [0.3, 0.4) is 0 Å². The fourth-order valence-electron chi connectivity index (χ4n) is 1.51. The van der Waals surface area contributed by atoms with Gasteiger partial charge in [0.15, 0.2) is 5.79 Å². The predicted octanol–water partition coefficient (Wildman–Crippen LogP) is 2.34. The summed E-state index contributed by atoms with van der Waals surface area (Å²) in [4.78, 5) is 0. The maximum absolute atomic E-state index is 5.71. The van der Waals surface area contributed by atoms with Gasteiger partial charge in [-0.25, -0.2) is 0 Å². The number of hydrogen-bond acceptors (Lipinski definition) is 3. The van der Waals surface area contributed by atoms with E-state index in [0.717, 1.165) is 26.1 Å². The first-order valence-corrected chi connectivity index (χ1v) is 5.53. The van der Waals surface area contributed by atoms with E-state index in [1.54, 1.807) is 0 Å². The standard InChI is InChI=1S/C11H22O3/c1-4-5-7-12-9-10-6-8-13-11(2,3)14-10/h10H,4-9H2,1-3H3. The minimum absolute atomic E-state index is 0.204. The number of ether oxygens (including phenoxy) is 3. The molecule has 0 amide bonds. The van der Waals surface area contributed by atoms with Crippen LogP contribution < -0.4 is 0 Å². The molecule has 1 unspecified atom stereocenters. The molecular formula is C11H22O3. The van der Waals surface area contributed by atoms with Crippen LogP contribution in [0.2, 0.25) is 0 Å². The van der Waals surface area contributed by atoms with Crippen molar-refractivity contribution in [3.05, 3.63) is 0 Å². The Hall–Kier alpha value is -0.120. The first-order chi connectivity index (χ1) is 6.64. The topological polar surface area (TPSA) is 27.7 Å². The Balaban J connectivity index is 2.12. The van der Waals surface area contributed by atoms with E-state index in [2.05, 4.69) is 6.92 Å². The van der Waals surface area contributed by atoms with Gasteiger partial charge in [-0.1, -0.05) is 13.3 Å². The van der Waals surface area contributed by atoms with Crippen LogP contribution in [0.1, 0.15) is 40.0 Å². The fraction of sp³-hybridized carbons (Fsp3) is 1.00. The largest absolute Gasteiger partial charge is 0.379 e. The van der Waals surface area contributed by atoms with Crippen molar-refractivity contribution in [3.63, 3.8) is 0 Å². The van der Waals surface area contributed by atoms with Crippen LogP contribution in [0, 0.1) is 0 Å². The third kappa shape index (κ3) is 4.40. The molecule has 0 radical (unpaired) electrons. The second-order valence-electron chi connectivity index (χ2n) is 4.21. The number of hydrogen-bond donors (Lipinski definition) is 0. The van der Waals surface area contributed by atoms with Gasteiger partial charge in [-0.05, 0) is 26.7 Å². The molecule has 0 aliphatic carbocycles. The summed E-state index contributed by atoms with van der Waals surface area (Å²) in [5.41, 5.74) is 0. The Morgan fingerprint density at radius 2 is 2.21 bits per heavy atom. The monoisotopic (exact) mass is 202 g/mol. The van der Waals surface area contributed by atoms with Gasteiger partial charge in [0.1, 0.15) is 0 Å². The summed E-state index contributed by atoms with van der Waals surface area (Å²) in [7, 11) is 0. The lowest BCUT2D eigenvalue weighted by Gasteiger charge is -2.35. The van der Waals surface area contributed by atoms with E-state index in [9.17, 15) is 0 Å². The molecule has 1 aliphatic heterocycles. The van der Waals surface area contributed by atoms with Crippen LogP contribution >= 0.6 is 0 Å². The number of unbranched alkanes of at least 4 members (excludes halogenated alkanes) is 1. The molecule has 1 heterocycles. The van der Waals surface area contributed by atoms with Crippen molar-refractivity contribution < 1.29 is 14.2 Å². The van der Waals surface area contributed by atoms with Gasteiger partial charge in [-0.2, -0.15) is 0 Å². The lowest BCUT2D eigenvalue weighted by atomic mass is 10.2. The van der Waals surface area contributed by atoms with Crippen molar-refractivity contribution in [1.29, 1.82) is 0 Å². The Kier molecular flexibility index (Phi) is 4.85. The highest BCUT2D eigenvalue weighted by Crippen LogP contribution is 2.21. The fourth-order valence-corrected chi connectivity index (χ4v) is 1.51. The third-order valence-corrected chi connectivity index (χ3v) is 2.29. The van der Waals surface area contributed by atoms with Gasteiger partial charge in [0.2, 0.25) is 0 Å². The van der Waals surface area contributed by atoms with Crippen molar-refractivity contribution in [2.24, 2.45) is 0 Å². The van der Waals surface area contributed by atoms with Gasteiger partial charge in [0.25, 0.3) is 0 Å². The molecule has 0 aromatic rings. The lowest BCUT2D eigenvalue weighted by Crippen LogP contribution is -2.41. The second-order valence-corrected chi connectivity index (χ2v) is 4.21. The molecule has 1 saturated heterocycles. The van der Waals surface area contributed by atoms with Crippen molar-refractivity contribution in [3.8, 4) is 0 Å². The van der Waals surface area contributed by atoms with Crippen LogP contribution in [0.5, 0.6) is 0 Å². The molecule has 3 heteroatoms. The predicted molar refractivity (Wildman–Crippen MR) is 55.2 cm³/mol. The average Bonchev–Trinajstić information content (AvgIpc) is 2.11. The van der Waals surface area contributed by atoms with Crippen LogP contribution in [0.15, 0.2) is 0 Å². The quantitative estimate of drug-likeness (QED) is 0.640. The van der Waals surface area contributed by atoms with Crippen molar-refractivity contribution in [2.75, 3.05) is 19.8 Å². The first-order valence-electron chi connectivity index (χ1n) is 5.53. The molecule has 1 rings (SSSR count). The Morgan fingerprint density at radius 1 is 1.43 bits per heavy atom. The Labute approximate surface area is 86.7 Å². The van der Waals surface area contributed by atoms with Crippen molar-refractivity contribution >= 4 is 0 Å². The number of rotatable bonds is 5. The summed E-state index contributed by atoms with van der Waals surface area (Å²) in [6, 6.07) is 0. The third-order valence-electron chi connectivity index (χ3n) is 2.29. The maximum atomic E-state index is 5.71. The van der Waals surface area contributed by atoms with Gasteiger partial charge in [0.05, 0.1) is 19.3 Å².